The molecule has 7 amide bonds. The highest BCUT2D eigenvalue weighted by molar-refractivity contribution is 5.93. The average Bonchev–Trinajstić information content (AvgIpc) is 2.98. The van der Waals surface area contributed by atoms with Crippen molar-refractivity contribution < 1.29 is 58.0 Å². The van der Waals surface area contributed by atoms with Gasteiger partial charge in [0.15, 0.2) is 0 Å². The van der Waals surface area contributed by atoms with E-state index in [0.29, 0.717) is 10.5 Å². The van der Waals surface area contributed by atoms with Gasteiger partial charge in [0.1, 0.15) is 43.9 Å². The Hall–Kier alpha value is -5.46. The summed E-state index contributed by atoms with van der Waals surface area (Å²) in [7, 11) is 0. The predicted octanol–water partition coefficient (Wildman–Crippen LogP) is -2.31. The minimum atomic E-state index is -1.54. The van der Waals surface area contributed by atoms with Crippen molar-refractivity contribution in [3.63, 3.8) is 0 Å². The number of carbonyl (C=O) groups is 8. The minimum Gasteiger partial charge on any atom is -0.480 e. The first-order chi connectivity index (χ1) is 22.4. The summed E-state index contributed by atoms with van der Waals surface area (Å²) in [6.07, 6.45) is -3.41. The maximum Gasteiger partial charge on any atom is 0.411 e. The van der Waals surface area contributed by atoms with Crippen LogP contribution >= 0.6 is 0 Å². The van der Waals surface area contributed by atoms with Gasteiger partial charge in [0, 0.05) is 6.54 Å². The number of nitrogens with two attached hydrogens (primary N) is 1. The molecule has 1 aromatic carbocycles. The van der Waals surface area contributed by atoms with E-state index >= 15 is 0 Å². The fourth-order valence-electron chi connectivity index (χ4n) is 3.64. The molecule has 3 atom stereocenters. The van der Waals surface area contributed by atoms with Crippen LogP contribution in [-0.4, -0.2) is 119 Å². The standard InChI is InChI=1S/C29H43N7O12/c1-17(37)24(26(44)33-13-23(41)42)35-20(38)12-32-21(39)14-36(28(46)47-16-18-8-6-5-7-9-18)15-22(40)34-19(25(30)43)10-11-31-27(45)48-29(2,3)4/h5-9,17,19,24,37H,10-16H2,1-4H3,(H2,30,43)(H,31,45)(H,32,39)(H,33,44)(H,34,40)(H,35,38)(H,41,42)/t17?,19?,24-/m0/s1. The number of carboxylic acid groups (broad SMARTS) is 1. The number of aliphatic hydroxyl groups excluding tert-OH is 1. The zero-order valence-corrected chi connectivity index (χ0v) is 27.1. The van der Waals surface area contributed by atoms with Crippen LogP contribution in [0.2, 0.25) is 0 Å². The van der Waals surface area contributed by atoms with Gasteiger partial charge in [-0.15, -0.1) is 0 Å². The number of aliphatic hydroxyl groups is 1. The Balaban J connectivity index is 2.88. The Morgan fingerprint density at radius 1 is 0.875 bits per heavy atom. The molecule has 0 bridgehead atoms. The zero-order valence-electron chi connectivity index (χ0n) is 27.1. The second kappa shape index (κ2) is 19.9. The summed E-state index contributed by atoms with van der Waals surface area (Å²) in [6.45, 7) is 2.75. The lowest BCUT2D eigenvalue weighted by molar-refractivity contribution is -0.139. The third-order valence-corrected chi connectivity index (χ3v) is 5.85. The van der Waals surface area contributed by atoms with Gasteiger partial charge in [-0.25, -0.2) is 9.59 Å². The van der Waals surface area contributed by atoms with E-state index in [2.05, 4.69) is 21.3 Å². The molecule has 1 rings (SSSR count). The molecule has 0 aliphatic rings. The van der Waals surface area contributed by atoms with Crippen molar-refractivity contribution in [3.05, 3.63) is 35.9 Å². The van der Waals surface area contributed by atoms with Gasteiger partial charge in [-0.2, -0.15) is 0 Å². The molecule has 1 aromatic rings. The van der Waals surface area contributed by atoms with Gasteiger partial charge in [-0.1, -0.05) is 30.3 Å². The number of hydrogen-bond donors (Lipinski definition) is 8. The summed E-state index contributed by atoms with van der Waals surface area (Å²) in [4.78, 5) is 98.1. The Morgan fingerprint density at radius 2 is 1.50 bits per heavy atom. The van der Waals surface area contributed by atoms with Crippen LogP contribution in [0.1, 0.15) is 39.7 Å². The highest BCUT2D eigenvalue weighted by Gasteiger charge is 2.28. The van der Waals surface area contributed by atoms with Gasteiger partial charge in [-0.05, 0) is 39.7 Å². The highest BCUT2D eigenvalue weighted by atomic mass is 16.6. The number of carboxylic acids is 1. The second-order valence-corrected chi connectivity index (χ2v) is 11.3. The number of primary amides is 1. The largest absolute Gasteiger partial charge is 0.480 e. The van der Waals surface area contributed by atoms with E-state index in [1.165, 1.54) is 6.92 Å². The van der Waals surface area contributed by atoms with E-state index in [-0.39, 0.29) is 19.6 Å². The van der Waals surface area contributed by atoms with Crippen LogP contribution < -0.4 is 32.3 Å². The number of amides is 7. The number of carbonyl (C=O) groups excluding carboxylic acids is 7. The number of benzene rings is 1. The summed E-state index contributed by atoms with van der Waals surface area (Å²) in [5.74, 6) is -6.08. The summed E-state index contributed by atoms with van der Waals surface area (Å²) in [5, 5.41) is 29.6. The molecular formula is C29H43N7O12. The average molecular weight is 682 g/mol. The Bertz CT molecular complexity index is 1300. The van der Waals surface area contributed by atoms with E-state index in [4.69, 9.17) is 20.3 Å². The third kappa shape index (κ3) is 17.3. The smallest absolute Gasteiger partial charge is 0.411 e. The molecule has 0 fully saturated rings. The van der Waals surface area contributed by atoms with Crippen molar-refractivity contribution in [1.82, 2.24) is 31.5 Å². The first kappa shape index (κ1) is 40.6. The van der Waals surface area contributed by atoms with Gasteiger partial charge >= 0.3 is 18.2 Å². The fourth-order valence-corrected chi connectivity index (χ4v) is 3.64. The van der Waals surface area contributed by atoms with E-state index in [1.54, 1.807) is 51.1 Å². The van der Waals surface area contributed by atoms with Crippen molar-refractivity contribution in [2.45, 2.75) is 64.5 Å². The quantitative estimate of drug-likeness (QED) is 0.0812. The number of rotatable bonds is 18. The fraction of sp³-hybridized carbons (Fsp3) is 0.517. The van der Waals surface area contributed by atoms with Crippen LogP contribution in [0, 0.1) is 0 Å². The van der Waals surface area contributed by atoms with Gasteiger partial charge in [0.25, 0.3) is 0 Å². The lowest BCUT2D eigenvalue weighted by Crippen LogP contribution is -2.55. The number of hydrogen-bond acceptors (Lipinski definition) is 11. The van der Waals surface area contributed by atoms with Gasteiger partial charge in [-0.3, -0.25) is 33.7 Å². The highest BCUT2D eigenvalue weighted by Crippen LogP contribution is 2.07. The lowest BCUT2D eigenvalue weighted by atomic mass is 10.1. The van der Waals surface area contributed by atoms with Gasteiger partial charge in [0.05, 0.1) is 12.6 Å². The molecule has 0 aromatic heterocycles. The maximum atomic E-state index is 12.9. The van der Waals surface area contributed by atoms with E-state index < -0.39 is 97.7 Å². The van der Waals surface area contributed by atoms with E-state index in [0.717, 1.165) is 0 Å². The molecule has 266 valence electrons. The summed E-state index contributed by atoms with van der Waals surface area (Å²) >= 11 is 0. The van der Waals surface area contributed by atoms with Crippen LogP contribution in [0.25, 0.3) is 0 Å². The molecule has 0 saturated heterocycles. The molecule has 19 nitrogen and oxygen atoms in total. The molecule has 0 spiro atoms. The molecule has 0 aliphatic heterocycles. The van der Waals surface area contributed by atoms with Crippen molar-refractivity contribution in [1.29, 1.82) is 0 Å². The normalized spacial score (nSPS) is 12.6. The second-order valence-electron chi connectivity index (χ2n) is 11.3. The van der Waals surface area contributed by atoms with Crippen molar-refractivity contribution >= 4 is 47.7 Å². The number of nitrogens with one attached hydrogen (secondary N) is 5. The Morgan fingerprint density at radius 3 is 2.06 bits per heavy atom. The molecule has 0 radical (unpaired) electrons. The SMILES string of the molecule is CC(O)[C@H](NC(=O)CNC(=O)CN(CC(=O)NC(CCNC(=O)OC(C)(C)C)C(N)=O)C(=O)OCc1ccccc1)C(=O)NCC(=O)O. The summed E-state index contributed by atoms with van der Waals surface area (Å²) in [6, 6.07) is 5.66. The van der Waals surface area contributed by atoms with E-state index in [1.807, 2.05) is 5.32 Å². The first-order valence-electron chi connectivity index (χ1n) is 14.6. The molecule has 48 heavy (non-hydrogen) atoms. The molecule has 0 heterocycles. The topological polar surface area (TPSA) is 285 Å². The molecule has 0 aliphatic carbocycles. The van der Waals surface area contributed by atoms with Crippen LogP contribution in [0.3, 0.4) is 0 Å². The number of aliphatic carboxylic acids is 1. The number of nitrogens with zero attached hydrogens (tertiary/aromatic N) is 1. The Labute approximate surface area is 276 Å². The van der Waals surface area contributed by atoms with Crippen LogP contribution in [0.5, 0.6) is 0 Å². The van der Waals surface area contributed by atoms with Crippen LogP contribution in [-0.2, 0) is 44.8 Å². The van der Waals surface area contributed by atoms with Crippen molar-refractivity contribution in [2.24, 2.45) is 5.73 Å². The van der Waals surface area contributed by atoms with Crippen molar-refractivity contribution in [3.8, 4) is 0 Å². The van der Waals surface area contributed by atoms with Crippen LogP contribution in [0.15, 0.2) is 30.3 Å². The molecular weight excluding hydrogens is 638 g/mol. The minimum absolute atomic E-state index is 0.104. The third-order valence-electron chi connectivity index (χ3n) is 5.85. The monoisotopic (exact) mass is 681 g/mol. The molecule has 19 heteroatoms. The van der Waals surface area contributed by atoms with Gasteiger partial charge < -0.3 is 52.0 Å². The number of alkyl carbamates (subject to hydrolysis) is 1. The maximum absolute atomic E-state index is 12.9. The van der Waals surface area contributed by atoms with Crippen LogP contribution in [0.4, 0.5) is 9.59 Å². The Kier molecular flexibility index (Phi) is 16.8. The number of ether oxygens (including phenoxy) is 2. The van der Waals surface area contributed by atoms with Crippen molar-refractivity contribution in [2.75, 3.05) is 32.7 Å². The summed E-state index contributed by atoms with van der Waals surface area (Å²) < 4.78 is 10.3. The summed E-state index contributed by atoms with van der Waals surface area (Å²) in [5.41, 5.74) is 5.22. The molecule has 2 unspecified atom stereocenters. The molecule has 9 N–H and O–H groups in total. The lowest BCUT2D eigenvalue weighted by Gasteiger charge is -2.23. The predicted molar refractivity (Wildman–Crippen MR) is 165 cm³/mol. The van der Waals surface area contributed by atoms with E-state index in [9.17, 15) is 43.5 Å². The first-order valence-corrected chi connectivity index (χ1v) is 14.6. The zero-order chi connectivity index (χ0) is 36.4. The van der Waals surface area contributed by atoms with Gasteiger partial charge in [0.2, 0.25) is 29.5 Å². The molecule has 0 saturated carbocycles.